The molecule has 1 aromatic heterocycles. The number of nitrogens with zero attached hydrogens (tertiary/aromatic N) is 1. The quantitative estimate of drug-likeness (QED) is 0.647. The van der Waals surface area contributed by atoms with Crippen molar-refractivity contribution in [1.82, 2.24) is 9.71 Å². The van der Waals surface area contributed by atoms with Crippen molar-refractivity contribution in [1.29, 1.82) is 0 Å². The molecule has 0 radical (unpaired) electrons. The van der Waals surface area contributed by atoms with E-state index in [9.17, 15) is 18.5 Å². The highest BCUT2D eigenvalue weighted by Crippen LogP contribution is 2.24. The largest absolute Gasteiger partial charge is 0.367 e. The molecule has 0 amide bonds. The molecular formula is C12H13N3O4S. The molecule has 2 rings (SSSR count). The first kappa shape index (κ1) is 14.2. The molecule has 20 heavy (non-hydrogen) atoms. The Morgan fingerprint density at radius 3 is 2.70 bits per heavy atom. The number of rotatable bonds is 5. The molecule has 2 N–H and O–H groups in total. The Labute approximate surface area is 115 Å². The van der Waals surface area contributed by atoms with Gasteiger partial charge in [0.05, 0.1) is 9.82 Å². The first-order valence-electron chi connectivity index (χ1n) is 5.77. The second-order valence-corrected chi connectivity index (χ2v) is 5.94. The van der Waals surface area contributed by atoms with Gasteiger partial charge in [-0.1, -0.05) is 6.07 Å². The van der Waals surface area contributed by atoms with Crippen LogP contribution < -0.4 is 4.72 Å². The number of benzene rings is 1. The van der Waals surface area contributed by atoms with Gasteiger partial charge in [-0.25, -0.2) is 13.1 Å². The average molecular weight is 295 g/mol. The van der Waals surface area contributed by atoms with Gasteiger partial charge in [-0.3, -0.25) is 10.1 Å². The van der Waals surface area contributed by atoms with Crippen LogP contribution in [0.4, 0.5) is 5.69 Å². The minimum Gasteiger partial charge on any atom is -0.367 e. The van der Waals surface area contributed by atoms with E-state index in [2.05, 4.69) is 9.71 Å². The van der Waals surface area contributed by atoms with Crippen LogP contribution in [-0.2, 0) is 16.6 Å². The standard InChI is InChI=1S/C12H13N3O4S/c1-9-11(15(16)17)3-2-4-12(9)20(18,19)14-8-10-5-6-13-7-10/h2-7,13-14H,8H2,1H3. The van der Waals surface area contributed by atoms with Crippen molar-refractivity contribution in [3.63, 3.8) is 0 Å². The van der Waals surface area contributed by atoms with Crippen LogP contribution in [0.15, 0.2) is 41.6 Å². The molecule has 0 saturated heterocycles. The second-order valence-electron chi connectivity index (χ2n) is 4.20. The number of nitro groups is 1. The Hall–Kier alpha value is -2.19. The van der Waals surface area contributed by atoms with Crippen LogP contribution in [0, 0.1) is 17.0 Å². The van der Waals surface area contributed by atoms with Crippen LogP contribution in [0.2, 0.25) is 0 Å². The molecule has 0 aliphatic rings. The number of aromatic nitrogens is 1. The van der Waals surface area contributed by atoms with Crippen molar-refractivity contribution in [2.45, 2.75) is 18.4 Å². The first-order valence-corrected chi connectivity index (χ1v) is 7.25. The lowest BCUT2D eigenvalue weighted by atomic mass is 10.2. The van der Waals surface area contributed by atoms with Crippen molar-refractivity contribution in [2.24, 2.45) is 0 Å². The van der Waals surface area contributed by atoms with Gasteiger partial charge < -0.3 is 4.98 Å². The molecule has 0 unspecified atom stereocenters. The maximum Gasteiger partial charge on any atom is 0.273 e. The molecule has 2 aromatic rings. The molecule has 0 aliphatic carbocycles. The Kier molecular flexibility index (Phi) is 3.86. The van der Waals surface area contributed by atoms with Gasteiger partial charge in [0, 0.05) is 30.6 Å². The van der Waals surface area contributed by atoms with Crippen molar-refractivity contribution in [2.75, 3.05) is 0 Å². The summed E-state index contributed by atoms with van der Waals surface area (Å²) in [6, 6.07) is 5.72. The zero-order valence-corrected chi connectivity index (χ0v) is 11.5. The second kappa shape index (κ2) is 5.43. The van der Waals surface area contributed by atoms with E-state index in [1.807, 2.05) is 0 Å². The number of aromatic amines is 1. The third kappa shape index (κ3) is 2.86. The predicted molar refractivity (Wildman–Crippen MR) is 72.7 cm³/mol. The minimum atomic E-state index is -3.79. The zero-order valence-electron chi connectivity index (χ0n) is 10.7. The average Bonchev–Trinajstić information content (AvgIpc) is 2.89. The fourth-order valence-corrected chi connectivity index (χ4v) is 3.09. The third-order valence-corrected chi connectivity index (χ3v) is 4.42. The fourth-order valence-electron chi connectivity index (χ4n) is 1.82. The fraction of sp³-hybridized carbons (Fsp3) is 0.167. The molecule has 0 aliphatic heterocycles. The highest BCUT2D eigenvalue weighted by Gasteiger charge is 2.22. The van der Waals surface area contributed by atoms with Crippen molar-refractivity contribution < 1.29 is 13.3 Å². The van der Waals surface area contributed by atoms with E-state index in [0.29, 0.717) is 0 Å². The van der Waals surface area contributed by atoms with Crippen LogP contribution in [-0.4, -0.2) is 18.3 Å². The summed E-state index contributed by atoms with van der Waals surface area (Å²) in [5, 5.41) is 10.8. The van der Waals surface area contributed by atoms with E-state index in [4.69, 9.17) is 0 Å². The normalized spacial score (nSPS) is 11.4. The molecular weight excluding hydrogens is 282 g/mol. The molecule has 0 saturated carbocycles. The molecule has 0 bridgehead atoms. The Morgan fingerprint density at radius 2 is 2.10 bits per heavy atom. The number of H-pyrrole nitrogens is 1. The lowest BCUT2D eigenvalue weighted by molar-refractivity contribution is -0.385. The van der Waals surface area contributed by atoms with Gasteiger partial charge in [-0.15, -0.1) is 0 Å². The summed E-state index contributed by atoms with van der Waals surface area (Å²) in [4.78, 5) is 13.0. The van der Waals surface area contributed by atoms with Crippen molar-refractivity contribution in [3.05, 3.63) is 57.9 Å². The summed E-state index contributed by atoms with van der Waals surface area (Å²) >= 11 is 0. The van der Waals surface area contributed by atoms with Gasteiger partial charge in [0.2, 0.25) is 10.0 Å². The summed E-state index contributed by atoms with van der Waals surface area (Å²) in [5.74, 6) is 0. The Morgan fingerprint density at radius 1 is 1.35 bits per heavy atom. The molecule has 1 aromatic carbocycles. The number of hydrogen-bond acceptors (Lipinski definition) is 4. The smallest absolute Gasteiger partial charge is 0.273 e. The Bertz CT molecular complexity index is 723. The topological polar surface area (TPSA) is 105 Å². The van der Waals surface area contributed by atoms with E-state index in [-0.39, 0.29) is 22.7 Å². The minimum absolute atomic E-state index is 0.0813. The number of hydrogen-bond donors (Lipinski definition) is 2. The molecule has 8 heteroatoms. The summed E-state index contributed by atoms with van der Waals surface area (Å²) in [6.07, 6.45) is 3.35. The highest BCUT2D eigenvalue weighted by molar-refractivity contribution is 7.89. The summed E-state index contributed by atoms with van der Waals surface area (Å²) in [7, 11) is -3.79. The maximum absolute atomic E-state index is 12.2. The van der Waals surface area contributed by atoms with Crippen LogP contribution in [0.3, 0.4) is 0 Å². The number of nitro benzene ring substituents is 1. The van der Waals surface area contributed by atoms with Gasteiger partial charge in [0.1, 0.15) is 0 Å². The summed E-state index contributed by atoms with van der Waals surface area (Å²) in [6.45, 7) is 1.54. The predicted octanol–water partition coefficient (Wildman–Crippen LogP) is 1.71. The van der Waals surface area contributed by atoms with E-state index in [0.717, 1.165) is 5.56 Å². The van der Waals surface area contributed by atoms with Crippen LogP contribution >= 0.6 is 0 Å². The molecule has 1 heterocycles. The Balaban J connectivity index is 2.30. The lowest BCUT2D eigenvalue weighted by Gasteiger charge is -2.08. The van der Waals surface area contributed by atoms with Crippen molar-refractivity contribution in [3.8, 4) is 0 Å². The monoisotopic (exact) mass is 295 g/mol. The van der Waals surface area contributed by atoms with Gasteiger partial charge in [-0.2, -0.15) is 0 Å². The lowest BCUT2D eigenvalue weighted by Crippen LogP contribution is -2.24. The van der Waals surface area contributed by atoms with Crippen LogP contribution in [0.1, 0.15) is 11.1 Å². The van der Waals surface area contributed by atoms with Gasteiger partial charge in [0.25, 0.3) is 5.69 Å². The summed E-state index contributed by atoms with van der Waals surface area (Å²) in [5.41, 5.74) is 0.685. The van der Waals surface area contributed by atoms with Gasteiger partial charge in [-0.05, 0) is 24.6 Å². The molecule has 0 fully saturated rings. The summed E-state index contributed by atoms with van der Waals surface area (Å²) < 4.78 is 26.8. The molecule has 7 nitrogen and oxygen atoms in total. The molecule has 0 atom stereocenters. The zero-order chi connectivity index (χ0) is 14.8. The van der Waals surface area contributed by atoms with E-state index in [1.54, 1.807) is 18.5 Å². The van der Waals surface area contributed by atoms with E-state index >= 15 is 0 Å². The van der Waals surface area contributed by atoms with E-state index < -0.39 is 14.9 Å². The number of nitrogens with one attached hydrogen (secondary N) is 2. The van der Waals surface area contributed by atoms with Gasteiger partial charge >= 0.3 is 0 Å². The molecule has 0 spiro atoms. The first-order chi connectivity index (χ1) is 9.42. The van der Waals surface area contributed by atoms with Crippen LogP contribution in [0.5, 0.6) is 0 Å². The number of sulfonamides is 1. The van der Waals surface area contributed by atoms with Crippen molar-refractivity contribution >= 4 is 15.7 Å². The molecule has 106 valence electrons. The highest BCUT2D eigenvalue weighted by atomic mass is 32.2. The maximum atomic E-state index is 12.2. The SMILES string of the molecule is Cc1c([N+](=O)[O-])cccc1S(=O)(=O)NCc1cc[nH]c1. The van der Waals surface area contributed by atoms with Crippen LogP contribution in [0.25, 0.3) is 0 Å². The van der Waals surface area contributed by atoms with E-state index in [1.165, 1.54) is 25.1 Å². The van der Waals surface area contributed by atoms with Gasteiger partial charge in [0.15, 0.2) is 0 Å². The third-order valence-electron chi connectivity index (χ3n) is 2.87.